The van der Waals surface area contributed by atoms with Gasteiger partial charge in [0.1, 0.15) is 17.5 Å². The van der Waals surface area contributed by atoms with Gasteiger partial charge in [0.05, 0.1) is 5.69 Å². The monoisotopic (exact) mass is 247 g/mol. The fourth-order valence-electron chi connectivity index (χ4n) is 1.87. The van der Waals surface area contributed by atoms with Crippen molar-refractivity contribution in [2.45, 2.75) is 27.7 Å². The molecule has 0 saturated heterocycles. The first-order valence-corrected chi connectivity index (χ1v) is 5.62. The van der Waals surface area contributed by atoms with Crippen LogP contribution >= 0.6 is 0 Å². The van der Waals surface area contributed by atoms with Gasteiger partial charge in [-0.05, 0) is 45.4 Å². The van der Waals surface area contributed by atoms with Gasteiger partial charge in [0.25, 0.3) is 0 Å². The largest absolute Gasteiger partial charge is 0.294 e. The fourth-order valence-corrected chi connectivity index (χ4v) is 1.87. The normalized spacial score (nSPS) is 10.7. The molecule has 0 unspecified atom stereocenters. The fraction of sp³-hybridized carbons (Fsp3) is 0.308. The van der Waals surface area contributed by atoms with Crippen molar-refractivity contribution in [3.8, 4) is 5.69 Å². The van der Waals surface area contributed by atoms with Crippen molar-refractivity contribution >= 4 is 5.78 Å². The van der Waals surface area contributed by atoms with Gasteiger partial charge in [-0.25, -0.2) is 14.1 Å². The minimum Gasteiger partial charge on any atom is -0.294 e. The van der Waals surface area contributed by atoms with E-state index in [0.29, 0.717) is 28.5 Å². The molecule has 0 spiro atoms. The average molecular weight is 247 g/mol. The summed E-state index contributed by atoms with van der Waals surface area (Å²) in [7, 11) is 0. The van der Waals surface area contributed by atoms with Crippen LogP contribution in [0.3, 0.4) is 0 Å². The second kappa shape index (κ2) is 4.33. The zero-order valence-electron chi connectivity index (χ0n) is 10.8. The van der Waals surface area contributed by atoms with Gasteiger partial charge in [-0.3, -0.25) is 4.79 Å². The highest BCUT2D eigenvalue weighted by Gasteiger charge is 2.15. The number of carbonyl (C=O) groups is 1. The molecule has 0 radical (unpaired) electrons. The summed E-state index contributed by atoms with van der Waals surface area (Å²) >= 11 is 0. The molecule has 18 heavy (non-hydrogen) atoms. The van der Waals surface area contributed by atoms with Crippen molar-refractivity contribution in [1.29, 1.82) is 0 Å². The highest BCUT2D eigenvalue weighted by Crippen LogP contribution is 2.20. The quantitative estimate of drug-likeness (QED) is 0.766. The van der Waals surface area contributed by atoms with Gasteiger partial charge in [-0.2, -0.15) is 5.10 Å². The highest BCUT2D eigenvalue weighted by molar-refractivity contribution is 5.97. The van der Waals surface area contributed by atoms with Crippen molar-refractivity contribution in [2.75, 3.05) is 0 Å². The van der Waals surface area contributed by atoms with Crippen LogP contribution in [-0.2, 0) is 0 Å². The number of aromatic nitrogens is 3. The summed E-state index contributed by atoms with van der Waals surface area (Å²) in [6.45, 7) is 6.63. The van der Waals surface area contributed by atoms with Gasteiger partial charge in [-0.15, -0.1) is 0 Å². The van der Waals surface area contributed by atoms with E-state index in [0.717, 1.165) is 0 Å². The van der Waals surface area contributed by atoms with E-state index in [9.17, 15) is 9.18 Å². The molecule has 1 aromatic heterocycles. The topological polar surface area (TPSA) is 47.8 Å². The molecule has 0 aliphatic heterocycles. The van der Waals surface area contributed by atoms with Crippen LogP contribution in [0.15, 0.2) is 12.1 Å². The molecule has 2 rings (SSSR count). The summed E-state index contributed by atoms with van der Waals surface area (Å²) in [5, 5.41) is 4.23. The van der Waals surface area contributed by atoms with Gasteiger partial charge >= 0.3 is 0 Å². The lowest BCUT2D eigenvalue weighted by atomic mass is 10.1. The third-order valence-electron chi connectivity index (χ3n) is 2.76. The predicted octanol–water partition coefficient (Wildman–Crippen LogP) is 2.53. The minimum atomic E-state index is -0.390. The van der Waals surface area contributed by atoms with E-state index in [2.05, 4.69) is 10.1 Å². The van der Waals surface area contributed by atoms with E-state index in [4.69, 9.17) is 0 Å². The molecule has 0 atom stereocenters. The predicted molar refractivity (Wildman–Crippen MR) is 65.5 cm³/mol. The molecule has 0 N–H and O–H groups in total. The molecule has 94 valence electrons. The number of Topliss-reactive ketones (excluding diaryl/α,β-unsaturated/α-hetero) is 1. The summed E-state index contributed by atoms with van der Waals surface area (Å²) in [5.74, 6) is 0.694. The first kappa shape index (κ1) is 12.4. The smallest absolute Gasteiger partial charge is 0.162 e. The van der Waals surface area contributed by atoms with Gasteiger partial charge < -0.3 is 0 Å². The van der Waals surface area contributed by atoms with Crippen molar-refractivity contribution in [3.63, 3.8) is 0 Å². The van der Waals surface area contributed by atoms with Crippen LogP contribution in [-0.4, -0.2) is 20.5 Å². The van der Waals surface area contributed by atoms with Crippen molar-refractivity contribution < 1.29 is 9.18 Å². The lowest BCUT2D eigenvalue weighted by Gasteiger charge is -2.10. The lowest BCUT2D eigenvalue weighted by Crippen LogP contribution is -2.08. The summed E-state index contributed by atoms with van der Waals surface area (Å²) in [6, 6.07) is 2.87. The zero-order valence-corrected chi connectivity index (χ0v) is 10.8. The van der Waals surface area contributed by atoms with Crippen molar-refractivity contribution in [2.24, 2.45) is 0 Å². The summed E-state index contributed by atoms with van der Waals surface area (Å²) in [4.78, 5) is 15.8. The molecular formula is C13H14FN3O. The molecule has 0 fully saturated rings. The maximum absolute atomic E-state index is 13.5. The number of hydrogen-bond acceptors (Lipinski definition) is 3. The summed E-state index contributed by atoms with van der Waals surface area (Å²) in [6.07, 6.45) is 0. The zero-order chi connectivity index (χ0) is 13.4. The number of hydrogen-bond donors (Lipinski definition) is 0. The number of benzene rings is 1. The van der Waals surface area contributed by atoms with E-state index < -0.39 is 5.82 Å². The van der Waals surface area contributed by atoms with Gasteiger partial charge in [0.15, 0.2) is 5.78 Å². The van der Waals surface area contributed by atoms with Crippen LogP contribution in [0.5, 0.6) is 0 Å². The van der Waals surface area contributed by atoms with E-state index in [1.54, 1.807) is 31.5 Å². The Morgan fingerprint density at radius 1 is 1.28 bits per heavy atom. The van der Waals surface area contributed by atoms with Crippen LogP contribution in [0, 0.1) is 26.6 Å². The Kier molecular flexibility index (Phi) is 2.98. The first-order valence-electron chi connectivity index (χ1n) is 5.62. The first-order chi connectivity index (χ1) is 8.40. The molecule has 1 heterocycles. The van der Waals surface area contributed by atoms with Crippen molar-refractivity contribution in [1.82, 2.24) is 14.8 Å². The number of rotatable bonds is 2. The van der Waals surface area contributed by atoms with Gasteiger partial charge in [-0.1, -0.05) is 0 Å². The molecule has 1 aromatic carbocycles. The number of aryl methyl sites for hydroxylation is 3. The Labute approximate surface area is 104 Å². The Hall–Kier alpha value is -2.04. The molecule has 2 aromatic rings. The van der Waals surface area contributed by atoms with Crippen LogP contribution in [0.4, 0.5) is 4.39 Å². The Balaban J connectivity index is 2.73. The Morgan fingerprint density at radius 3 is 2.44 bits per heavy atom. The lowest BCUT2D eigenvalue weighted by molar-refractivity contribution is 0.101. The molecule has 0 saturated carbocycles. The number of ketones is 1. The van der Waals surface area contributed by atoms with E-state index in [-0.39, 0.29) is 5.78 Å². The Morgan fingerprint density at radius 2 is 1.94 bits per heavy atom. The molecule has 5 heteroatoms. The van der Waals surface area contributed by atoms with Crippen LogP contribution < -0.4 is 0 Å². The molecule has 0 bridgehead atoms. The molecule has 4 nitrogen and oxygen atoms in total. The summed E-state index contributed by atoms with van der Waals surface area (Å²) < 4.78 is 15.1. The Bertz CT molecular complexity index is 631. The van der Waals surface area contributed by atoms with E-state index in [1.165, 1.54) is 13.0 Å². The average Bonchev–Trinajstić information content (AvgIpc) is 2.61. The molecule has 0 aliphatic rings. The number of carbonyl (C=O) groups excluding carboxylic acids is 1. The van der Waals surface area contributed by atoms with Crippen molar-refractivity contribution in [3.05, 3.63) is 40.7 Å². The maximum atomic E-state index is 13.5. The second-order valence-corrected chi connectivity index (χ2v) is 4.29. The summed E-state index contributed by atoms with van der Waals surface area (Å²) in [5.41, 5.74) is 1.35. The SMILES string of the molecule is CC(=O)c1cc(F)c(C)cc1-n1nc(C)nc1C. The standard InChI is InChI=1S/C13H14FN3O/c1-7-5-13(11(8(2)18)6-12(7)14)17-10(4)15-9(3)16-17/h5-6H,1-4H3. The highest BCUT2D eigenvalue weighted by atomic mass is 19.1. The second-order valence-electron chi connectivity index (χ2n) is 4.29. The van der Waals surface area contributed by atoms with Gasteiger partial charge in [0.2, 0.25) is 0 Å². The minimum absolute atomic E-state index is 0.198. The third-order valence-corrected chi connectivity index (χ3v) is 2.76. The van der Waals surface area contributed by atoms with Crippen LogP contribution in [0.2, 0.25) is 0 Å². The molecule has 0 amide bonds. The number of halogens is 1. The molecule has 0 aliphatic carbocycles. The van der Waals surface area contributed by atoms with E-state index >= 15 is 0 Å². The van der Waals surface area contributed by atoms with Crippen LogP contribution in [0.1, 0.15) is 34.5 Å². The van der Waals surface area contributed by atoms with Crippen LogP contribution in [0.25, 0.3) is 5.69 Å². The van der Waals surface area contributed by atoms with Gasteiger partial charge in [0, 0.05) is 5.56 Å². The third kappa shape index (κ3) is 2.03. The van der Waals surface area contributed by atoms with E-state index in [1.807, 2.05) is 0 Å². The molecular weight excluding hydrogens is 233 g/mol. The number of nitrogens with zero attached hydrogens (tertiary/aromatic N) is 3. The maximum Gasteiger partial charge on any atom is 0.162 e.